The van der Waals surface area contributed by atoms with E-state index >= 15 is 0 Å². The van der Waals surface area contributed by atoms with E-state index in [0.29, 0.717) is 6.54 Å². The van der Waals surface area contributed by atoms with Gasteiger partial charge in [0.05, 0.1) is 50.9 Å². The van der Waals surface area contributed by atoms with Gasteiger partial charge in [0.1, 0.15) is 0 Å². The van der Waals surface area contributed by atoms with Crippen LogP contribution in [-0.4, -0.2) is 87.1 Å². The van der Waals surface area contributed by atoms with Gasteiger partial charge in [0.2, 0.25) is 0 Å². The summed E-state index contributed by atoms with van der Waals surface area (Å²) in [5.74, 6) is 0. The standard InChI is InChI=1S/C8H22N2O2.2H2O3S/c1-6-8(10(4,5)12)7-9(2,3)11;2*1-4(2)3/h8,11-12H,6-7H2,1-5H3;2*(H2,1,2,3)/q+2;;/p-2. The molecule has 0 aromatic heterocycles. The van der Waals surface area contributed by atoms with E-state index in [1.54, 1.807) is 28.2 Å². The molecule has 0 bridgehead atoms. The number of likely N-dealkylation sites (N-methyl/N-ethyl adjacent to an activating group) is 2. The van der Waals surface area contributed by atoms with Gasteiger partial charge in [0.25, 0.3) is 0 Å². The van der Waals surface area contributed by atoms with Crippen LogP contribution in [0.25, 0.3) is 0 Å². The number of nitrogens with zero attached hydrogens (tertiary/aromatic N) is 2. The molecule has 3 unspecified atom stereocenters. The van der Waals surface area contributed by atoms with Crippen molar-refractivity contribution in [3.05, 3.63) is 0 Å². The Hall–Kier alpha value is -0.0200. The summed E-state index contributed by atoms with van der Waals surface area (Å²) in [6.07, 6.45) is 0.853. The summed E-state index contributed by atoms with van der Waals surface area (Å²) < 4.78 is 48.0. The molecule has 0 radical (unpaired) electrons. The van der Waals surface area contributed by atoms with E-state index < -0.39 is 22.7 Å². The molecule has 20 heavy (non-hydrogen) atoms. The van der Waals surface area contributed by atoms with Crippen LogP contribution in [0.2, 0.25) is 0 Å². The average molecular weight is 340 g/mol. The molecule has 0 amide bonds. The molecular formula is C8H24N2O8S2. The summed E-state index contributed by atoms with van der Waals surface area (Å²) in [6.45, 7) is 2.57. The van der Waals surface area contributed by atoms with Gasteiger partial charge in [-0.15, -0.1) is 0 Å². The van der Waals surface area contributed by atoms with Crippen molar-refractivity contribution in [3.8, 4) is 0 Å². The Kier molecular flexibility index (Phi) is 14.5. The molecule has 10 nitrogen and oxygen atoms in total. The SMILES string of the molecule is CCC(C[N+](C)(C)O)[N+](C)(C)O.O=S([O-])O.O=S([O-])O. The van der Waals surface area contributed by atoms with Gasteiger partial charge in [-0.25, -0.2) is 18.8 Å². The number of hydroxylamine groups is 6. The summed E-state index contributed by atoms with van der Waals surface area (Å²) in [5, 5.41) is 19.2. The lowest BCUT2D eigenvalue weighted by Gasteiger charge is -2.32. The predicted octanol–water partition coefficient (Wildman–Crippen LogP) is -0.627. The highest BCUT2D eigenvalue weighted by Crippen LogP contribution is 2.09. The maximum absolute atomic E-state index is 9.66. The third-order valence-corrected chi connectivity index (χ3v) is 2.02. The van der Waals surface area contributed by atoms with Crippen molar-refractivity contribution in [2.45, 2.75) is 19.4 Å². The summed E-state index contributed by atoms with van der Waals surface area (Å²) in [7, 11) is 6.87. The molecule has 12 heteroatoms. The third kappa shape index (κ3) is 30.8. The zero-order valence-corrected chi connectivity index (χ0v) is 13.8. The molecule has 0 spiro atoms. The highest BCUT2D eigenvalue weighted by Gasteiger charge is 2.32. The second kappa shape index (κ2) is 11.6. The van der Waals surface area contributed by atoms with Crippen LogP contribution in [0.15, 0.2) is 0 Å². The molecule has 0 fully saturated rings. The van der Waals surface area contributed by atoms with Crippen molar-refractivity contribution in [2.24, 2.45) is 0 Å². The van der Waals surface area contributed by atoms with E-state index in [2.05, 4.69) is 0 Å². The first kappa shape index (κ1) is 25.0. The molecule has 0 saturated carbocycles. The normalized spacial score (nSPS) is 15.9. The number of rotatable bonds is 4. The topological polar surface area (TPSA) is 161 Å². The Morgan fingerprint density at radius 2 is 1.25 bits per heavy atom. The van der Waals surface area contributed by atoms with Gasteiger partial charge in [-0.3, -0.25) is 0 Å². The van der Waals surface area contributed by atoms with Crippen molar-refractivity contribution in [3.63, 3.8) is 0 Å². The van der Waals surface area contributed by atoms with Crippen molar-refractivity contribution in [2.75, 3.05) is 34.7 Å². The lowest BCUT2D eigenvalue weighted by molar-refractivity contribution is -1.13. The van der Waals surface area contributed by atoms with E-state index in [4.69, 9.17) is 26.6 Å². The van der Waals surface area contributed by atoms with Crippen molar-refractivity contribution in [1.29, 1.82) is 0 Å². The Bertz CT molecular complexity index is 269. The van der Waals surface area contributed by atoms with Gasteiger partial charge < -0.3 is 18.2 Å². The fourth-order valence-corrected chi connectivity index (χ4v) is 1.29. The van der Waals surface area contributed by atoms with Crippen LogP contribution in [0, 0.1) is 0 Å². The second-order valence-corrected chi connectivity index (χ2v) is 5.65. The van der Waals surface area contributed by atoms with E-state index in [1.807, 2.05) is 6.92 Å². The third-order valence-electron chi connectivity index (χ3n) is 2.02. The molecular weight excluding hydrogens is 316 g/mol. The van der Waals surface area contributed by atoms with Crippen molar-refractivity contribution >= 4 is 22.7 Å². The monoisotopic (exact) mass is 340 g/mol. The highest BCUT2D eigenvalue weighted by molar-refractivity contribution is 7.73. The summed E-state index contributed by atoms with van der Waals surface area (Å²) >= 11 is -5.72. The quantitative estimate of drug-likeness (QED) is 0.299. The molecule has 4 N–H and O–H groups in total. The smallest absolute Gasteiger partial charge is 0.170 e. The number of quaternary nitrogens is 2. The summed E-state index contributed by atoms with van der Waals surface area (Å²) in [6, 6.07) is 0.0741. The van der Waals surface area contributed by atoms with Crippen LogP contribution in [0.3, 0.4) is 0 Å². The summed E-state index contributed by atoms with van der Waals surface area (Å²) in [4.78, 5) is 0. The fourth-order valence-electron chi connectivity index (χ4n) is 1.29. The molecule has 0 aliphatic rings. The zero-order valence-electron chi connectivity index (χ0n) is 12.1. The molecule has 3 atom stereocenters. The van der Waals surface area contributed by atoms with Crippen LogP contribution in [0.5, 0.6) is 0 Å². The minimum Gasteiger partial charge on any atom is -0.750 e. The lowest BCUT2D eigenvalue weighted by atomic mass is 10.2. The maximum atomic E-state index is 9.66. The lowest BCUT2D eigenvalue weighted by Crippen LogP contribution is -2.54. The average Bonchev–Trinajstić information content (AvgIpc) is 2.08. The molecule has 0 rings (SSSR count). The minimum absolute atomic E-state index is 0.0741. The van der Waals surface area contributed by atoms with Crippen LogP contribution < -0.4 is 0 Å². The van der Waals surface area contributed by atoms with E-state index in [0.717, 1.165) is 6.42 Å². The Labute approximate surface area is 124 Å². The van der Waals surface area contributed by atoms with E-state index in [9.17, 15) is 10.4 Å². The molecule has 0 aromatic carbocycles. The molecule has 0 aliphatic carbocycles. The fraction of sp³-hybridized carbons (Fsp3) is 1.00. The number of hydrogen-bond donors (Lipinski definition) is 4. The van der Waals surface area contributed by atoms with Crippen LogP contribution in [0.4, 0.5) is 0 Å². The van der Waals surface area contributed by atoms with Crippen LogP contribution in [-0.2, 0) is 22.7 Å². The van der Waals surface area contributed by atoms with Gasteiger partial charge in [-0.1, -0.05) is 6.92 Å². The molecule has 0 aliphatic heterocycles. The predicted molar refractivity (Wildman–Crippen MR) is 69.8 cm³/mol. The van der Waals surface area contributed by atoms with Crippen LogP contribution in [0.1, 0.15) is 13.3 Å². The van der Waals surface area contributed by atoms with Gasteiger partial charge in [-0.2, -0.15) is 9.29 Å². The van der Waals surface area contributed by atoms with Crippen molar-refractivity contribution < 1.29 is 46.3 Å². The molecule has 0 heterocycles. The Balaban J connectivity index is -0.000000297. The highest BCUT2D eigenvalue weighted by atomic mass is 32.2. The van der Waals surface area contributed by atoms with Crippen molar-refractivity contribution in [1.82, 2.24) is 0 Å². The van der Waals surface area contributed by atoms with E-state index in [1.165, 1.54) is 0 Å². The van der Waals surface area contributed by atoms with Gasteiger partial charge in [0, 0.05) is 6.42 Å². The Morgan fingerprint density at radius 1 is 1.00 bits per heavy atom. The van der Waals surface area contributed by atoms with Gasteiger partial charge in [0.15, 0.2) is 12.6 Å². The zero-order chi connectivity index (χ0) is 17.1. The first-order valence-electron chi connectivity index (χ1n) is 5.32. The molecule has 0 saturated heterocycles. The first-order valence-corrected chi connectivity index (χ1v) is 7.38. The maximum Gasteiger partial charge on any atom is 0.170 e. The second-order valence-electron chi connectivity index (χ2n) is 4.78. The largest absolute Gasteiger partial charge is 0.750 e. The summed E-state index contributed by atoms with van der Waals surface area (Å²) in [5.41, 5.74) is 0. The van der Waals surface area contributed by atoms with E-state index in [-0.39, 0.29) is 15.3 Å². The Morgan fingerprint density at radius 3 is 1.30 bits per heavy atom. The van der Waals surface area contributed by atoms with Gasteiger partial charge in [-0.05, 0) is 0 Å². The molecule has 0 aromatic rings. The van der Waals surface area contributed by atoms with Crippen LogP contribution >= 0.6 is 0 Å². The minimum atomic E-state index is -2.86. The van der Waals surface area contributed by atoms with Gasteiger partial charge >= 0.3 is 0 Å². The first-order chi connectivity index (χ1) is 8.63. The molecule has 126 valence electrons. The number of hydrogen-bond acceptors (Lipinski definition) is 6.